The highest BCUT2D eigenvalue weighted by molar-refractivity contribution is 5.91. The summed E-state index contributed by atoms with van der Waals surface area (Å²) in [7, 11) is 0. The van der Waals surface area contributed by atoms with Gasteiger partial charge in [0.2, 0.25) is 0 Å². The Morgan fingerprint density at radius 2 is 1.92 bits per heavy atom. The number of aromatic nitrogens is 1. The molecule has 0 spiro atoms. The van der Waals surface area contributed by atoms with Crippen LogP contribution in [0.5, 0.6) is 0 Å². The Morgan fingerprint density at radius 1 is 1.19 bits per heavy atom. The van der Waals surface area contributed by atoms with Gasteiger partial charge in [-0.15, -0.1) is 0 Å². The normalized spacial score (nSPS) is 15.2. The maximum Gasteiger partial charge on any atom is 0.152 e. The highest BCUT2D eigenvalue weighted by atomic mass is 19.1. The SMILES string of the molecule is C=C1CCc2nc(C(C)C)c(C=O)c(-c3ccc(F)cc3)c2CCOC1. The fraction of sp³-hybridized carbons (Fsp3) is 0.364. The zero-order chi connectivity index (χ0) is 18.7. The Kier molecular flexibility index (Phi) is 5.62. The summed E-state index contributed by atoms with van der Waals surface area (Å²) >= 11 is 0. The third kappa shape index (κ3) is 3.75. The molecule has 1 aliphatic rings. The van der Waals surface area contributed by atoms with Gasteiger partial charge in [-0.3, -0.25) is 9.78 Å². The van der Waals surface area contributed by atoms with Crippen molar-refractivity contribution >= 4 is 6.29 Å². The van der Waals surface area contributed by atoms with Gasteiger partial charge in [0, 0.05) is 11.3 Å². The van der Waals surface area contributed by atoms with Gasteiger partial charge in [-0.05, 0) is 54.0 Å². The van der Waals surface area contributed by atoms with E-state index in [0.29, 0.717) is 25.2 Å². The second kappa shape index (κ2) is 7.92. The van der Waals surface area contributed by atoms with Gasteiger partial charge < -0.3 is 4.74 Å². The van der Waals surface area contributed by atoms with E-state index in [4.69, 9.17) is 9.72 Å². The summed E-state index contributed by atoms with van der Waals surface area (Å²) in [6, 6.07) is 6.32. The van der Waals surface area contributed by atoms with Gasteiger partial charge in [-0.2, -0.15) is 0 Å². The Hall–Kier alpha value is -2.33. The molecule has 1 aromatic carbocycles. The molecule has 0 saturated heterocycles. The molecule has 0 saturated carbocycles. The molecule has 3 rings (SSSR count). The highest BCUT2D eigenvalue weighted by Crippen LogP contribution is 2.34. The van der Waals surface area contributed by atoms with E-state index in [9.17, 15) is 9.18 Å². The largest absolute Gasteiger partial charge is 0.377 e. The number of halogens is 1. The number of pyridine rings is 1. The number of carbonyl (C=O) groups is 1. The molecule has 0 unspecified atom stereocenters. The summed E-state index contributed by atoms with van der Waals surface area (Å²) in [6.07, 6.45) is 3.13. The number of aldehydes is 1. The predicted octanol–water partition coefficient (Wildman–Crippen LogP) is 4.89. The van der Waals surface area contributed by atoms with E-state index < -0.39 is 0 Å². The molecule has 26 heavy (non-hydrogen) atoms. The standard InChI is InChI=1S/C22H24FNO2/c1-14(2)22-19(12-25)21(16-5-7-17(23)8-6-16)18-10-11-26-13-15(3)4-9-20(18)24-22/h5-8,12,14H,3-4,9-11,13H2,1-2H3. The molecule has 4 heteroatoms. The second-order valence-corrected chi connectivity index (χ2v) is 7.04. The molecular formula is C22H24FNO2. The summed E-state index contributed by atoms with van der Waals surface area (Å²) in [5.41, 5.74) is 6.17. The van der Waals surface area contributed by atoms with Gasteiger partial charge in [0.25, 0.3) is 0 Å². The Labute approximate surface area is 153 Å². The minimum atomic E-state index is -0.293. The number of ether oxygens (including phenoxy) is 1. The smallest absolute Gasteiger partial charge is 0.152 e. The van der Waals surface area contributed by atoms with Crippen molar-refractivity contribution < 1.29 is 13.9 Å². The molecule has 0 atom stereocenters. The zero-order valence-corrected chi connectivity index (χ0v) is 15.3. The van der Waals surface area contributed by atoms with E-state index in [1.807, 2.05) is 13.8 Å². The number of hydrogen-bond acceptors (Lipinski definition) is 3. The topological polar surface area (TPSA) is 39.2 Å². The maximum atomic E-state index is 13.4. The zero-order valence-electron chi connectivity index (χ0n) is 15.3. The number of rotatable bonds is 3. The molecule has 136 valence electrons. The van der Waals surface area contributed by atoms with Crippen LogP contribution in [0.2, 0.25) is 0 Å². The Balaban J connectivity index is 2.27. The lowest BCUT2D eigenvalue weighted by Gasteiger charge is -2.20. The summed E-state index contributed by atoms with van der Waals surface area (Å²) in [5, 5.41) is 0. The lowest BCUT2D eigenvalue weighted by molar-refractivity contribution is 0.112. The lowest BCUT2D eigenvalue weighted by atomic mass is 9.88. The average Bonchev–Trinajstić information content (AvgIpc) is 2.71. The first-order chi connectivity index (χ1) is 12.5. The Morgan fingerprint density at radius 3 is 2.58 bits per heavy atom. The van der Waals surface area contributed by atoms with Crippen LogP contribution in [0.1, 0.15) is 53.5 Å². The third-order valence-corrected chi connectivity index (χ3v) is 4.77. The van der Waals surface area contributed by atoms with Crippen LogP contribution in [0.25, 0.3) is 11.1 Å². The van der Waals surface area contributed by atoms with Crippen molar-refractivity contribution in [1.29, 1.82) is 0 Å². The van der Waals surface area contributed by atoms with Gasteiger partial charge in [-0.1, -0.05) is 38.1 Å². The predicted molar refractivity (Wildman–Crippen MR) is 101 cm³/mol. The minimum absolute atomic E-state index is 0.117. The first-order valence-corrected chi connectivity index (χ1v) is 9.02. The van der Waals surface area contributed by atoms with Crippen molar-refractivity contribution in [1.82, 2.24) is 4.98 Å². The molecule has 3 nitrogen and oxygen atoms in total. The Bertz CT molecular complexity index is 825. The minimum Gasteiger partial charge on any atom is -0.377 e. The number of carbonyl (C=O) groups excluding carboxylic acids is 1. The van der Waals surface area contributed by atoms with E-state index in [-0.39, 0.29) is 11.7 Å². The number of fused-ring (bicyclic) bond motifs is 1. The van der Waals surface area contributed by atoms with Crippen LogP contribution in [0.3, 0.4) is 0 Å². The van der Waals surface area contributed by atoms with Crippen LogP contribution in [-0.2, 0) is 17.6 Å². The third-order valence-electron chi connectivity index (χ3n) is 4.77. The number of benzene rings is 1. The van der Waals surface area contributed by atoms with Crippen molar-refractivity contribution in [3.8, 4) is 11.1 Å². The van der Waals surface area contributed by atoms with Crippen molar-refractivity contribution in [2.24, 2.45) is 0 Å². The second-order valence-electron chi connectivity index (χ2n) is 7.04. The van der Waals surface area contributed by atoms with Crippen molar-refractivity contribution in [3.63, 3.8) is 0 Å². The van der Waals surface area contributed by atoms with Crippen molar-refractivity contribution in [2.75, 3.05) is 13.2 Å². The highest BCUT2D eigenvalue weighted by Gasteiger charge is 2.22. The molecular weight excluding hydrogens is 329 g/mol. The molecule has 2 aromatic rings. The molecule has 0 fully saturated rings. The summed E-state index contributed by atoms with van der Waals surface area (Å²) in [4.78, 5) is 16.9. The molecule has 0 radical (unpaired) electrons. The monoisotopic (exact) mass is 353 g/mol. The molecule has 0 N–H and O–H groups in total. The van der Waals surface area contributed by atoms with E-state index in [2.05, 4.69) is 6.58 Å². The average molecular weight is 353 g/mol. The molecule has 1 aromatic heterocycles. The van der Waals surface area contributed by atoms with E-state index in [1.54, 1.807) is 12.1 Å². The van der Waals surface area contributed by atoms with Crippen LogP contribution in [0.15, 0.2) is 36.4 Å². The van der Waals surface area contributed by atoms with E-state index in [1.165, 1.54) is 12.1 Å². The summed E-state index contributed by atoms with van der Waals surface area (Å²) in [6.45, 7) is 9.23. The summed E-state index contributed by atoms with van der Waals surface area (Å²) in [5.74, 6) is -0.175. The number of aryl methyl sites for hydroxylation is 1. The lowest BCUT2D eigenvalue weighted by Crippen LogP contribution is -2.12. The fourth-order valence-electron chi connectivity index (χ4n) is 3.45. The van der Waals surface area contributed by atoms with Crippen LogP contribution < -0.4 is 0 Å². The quantitative estimate of drug-likeness (QED) is 0.583. The summed E-state index contributed by atoms with van der Waals surface area (Å²) < 4.78 is 19.1. The molecule has 0 amide bonds. The maximum absolute atomic E-state index is 13.4. The van der Waals surface area contributed by atoms with E-state index >= 15 is 0 Å². The van der Waals surface area contributed by atoms with Gasteiger partial charge in [-0.25, -0.2) is 4.39 Å². The molecule has 0 aliphatic carbocycles. The van der Waals surface area contributed by atoms with Gasteiger partial charge in [0.05, 0.1) is 18.9 Å². The molecule has 2 heterocycles. The van der Waals surface area contributed by atoms with Crippen molar-refractivity contribution in [2.45, 2.75) is 39.0 Å². The first kappa shape index (κ1) is 18.5. The van der Waals surface area contributed by atoms with Gasteiger partial charge >= 0.3 is 0 Å². The van der Waals surface area contributed by atoms with Crippen LogP contribution in [-0.4, -0.2) is 24.5 Å². The van der Waals surface area contributed by atoms with Crippen molar-refractivity contribution in [3.05, 3.63) is 64.7 Å². The van der Waals surface area contributed by atoms with Crippen LogP contribution in [0.4, 0.5) is 4.39 Å². The fourth-order valence-corrected chi connectivity index (χ4v) is 3.45. The first-order valence-electron chi connectivity index (χ1n) is 9.02. The number of nitrogens with zero attached hydrogens (tertiary/aromatic N) is 1. The van der Waals surface area contributed by atoms with Crippen LogP contribution >= 0.6 is 0 Å². The van der Waals surface area contributed by atoms with E-state index in [0.717, 1.165) is 52.8 Å². The van der Waals surface area contributed by atoms with Crippen LogP contribution in [0, 0.1) is 5.82 Å². The molecule has 1 aliphatic heterocycles. The molecule has 0 bridgehead atoms. The number of hydrogen-bond donors (Lipinski definition) is 0. The van der Waals surface area contributed by atoms with Gasteiger partial charge in [0.1, 0.15) is 5.82 Å². The van der Waals surface area contributed by atoms with Gasteiger partial charge in [0.15, 0.2) is 6.29 Å².